The molecule has 0 aliphatic rings. The molecule has 0 aromatic rings. The highest BCUT2D eigenvalue weighted by atomic mass is 31.2. The van der Waals surface area contributed by atoms with Gasteiger partial charge in [0.15, 0.2) is 12.2 Å². The number of unbranched alkanes of at least 4 members (excludes halogenated alkanes) is 50. The van der Waals surface area contributed by atoms with Crippen LogP contribution < -0.4 is 0 Å². The highest BCUT2D eigenvalue weighted by Crippen LogP contribution is 2.45. The van der Waals surface area contributed by atoms with Crippen molar-refractivity contribution in [2.24, 2.45) is 11.8 Å². The third-order valence-corrected chi connectivity index (χ3v) is 21.5. The monoisotopic (exact) mass is 1480 g/mol. The summed E-state index contributed by atoms with van der Waals surface area (Å²) in [5.41, 5.74) is 0. The third-order valence-electron chi connectivity index (χ3n) is 19.6. The van der Waals surface area contributed by atoms with Crippen LogP contribution in [0.15, 0.2) is 0 Å². The molecule has 3 unspecified atom stereocenters. The Morgan fingerprint density at radius 3 is 0.752 bits per heavy atom. The smallest absolute Gasteiger partial charge is 0.462 e. The van der Waals surface area contributed by atoms with Crippen molar-refractivity contribution < 1.29 is 80.2 Å². The number of esters is 4. The lowest BCUT2D eigenvalue weighted by molar-refractivity contribution is -0.161. The first kappa shape index (κ1) is 99.1. The fraction of sp³-hybridized carbons (Fsp3) is 0.951. The molecule has 0 aromatic carbocycles. The maximum absolute atomic E-state index is 13.1. The fourth-order valence-electron chi connectivity index (χ4n) is 12.7. The number of carbonyl (C=O) groups is 4. The van der Waals surface area contributed by atoms with Gasteiger partial charge in [-0.25, -0.2) is 9.13 Å². The molecule has 0 bridgehead atoms. The largest absolute Gasteiger partial charge is 0.472 e. The quantitative estimate of drug-likeness (QED) is 0.0222. The van der Waals surface area contributed by atoms with E-state index in [4.69, 9.17) is 37.0 Å². The van der Waals surface area contributed by atoms with Gasteiger partial charge in [0.25, 0.3) is 0 Å². The van der Waals surface area contributed by atoms with E-state index in [-0.39, 0.29) is 25.7 Å². The average molecular weight is 1480 g/mol. The van der Waals surface area contributed by atoms with E-state index < -0.39 is 97.5 Å². The Morgan fingerprint density at radius 1 is 0.287 bits per heavy atom. The lowest BCUT2D eigenvalue weighted by Gasteiger charge is -2.21. The molecular weight excluding hydrogens is 1320 g/mol. The van der Waals surface area contributed by atoms with Gasteiger partial charge in [0, 0.05) is 25.7 Å². The maximum atomic E-state index is 13.1. The van der Waals surface area contributed by atoms with Gasteiger partial charge in [0.2, 0.25) is 0 Å². The molecule has 0 aliphatic heterocycles. The second-order valence-corrected chi connectivity index (χ2v) is 33.1. The predicted molar refractivity (Wildman–Crippen MR) is 414 cm³/mol. The summed E-state index contributed by atoms with van der Waals surface area (Å²) in [5.74, 6) is -0.558. The standard InChI is InChI=1S/C82H160O17P2/c1-7-10-12-14-16-18-20-22-23-24-25-26-27-28-29-30-31-37-41-48-54-60-66-81(86)98-77(70-92-80(85)65-59-53-47-40-36-33-32-34-38-44-50-56-62-74(4)5)72-96-100(88,89)94-68-76(83)69-95-101(90,91)97-73-78(99-82(87)67-61-55-49-43-42-45-51-57-63-75(6)9-3)71-93-79(84)64-58-52-46-39-35-21-19-17-15-13-11-8-2/h74-78,83H,7-73H2,1-6H3,(H,88,89)(H,90,91)/t75?,76-,77-,78-/m1/s1. The number of aliphatic hydroxyl groups excluding tert-OH is 1. The van der Waals surface area contributed by atoms with Crippen molar-refractivity contribution >= 4 is 39.5 Å². The summed E-state index contributed by atoms with van der Waals surface area (Å²) in [6.45, 7) is 9.64. The van der Waals surface area contributed by atoms with E-state index in [9.17, 15) is 43.2 Å². The third kappa shape index (κ3) is 74.7. The normalized spacial score (nSPS) is 14.2. The van der Waals surface area contributed by atoms with E-state index in [0.29, 0.717) is 25.7 Å². The summed E-state index contributed by atoms with van der Waals surface area (Å²) in [6, 6.07) is 0. The van der Waals surface area contributed by atoms with E-state index in [1.807, 2.05) is 0 Å². The van der Waals surface area contributed by atoms with Gasteiger partial charge in [-0.05, 0) is 37.5 Å². The van der Waals surface area contributed by atoms with Crippen molar-refractivity contribution in [3.8, 4) is 0 Å². The maximum Gasteiger partial charge on any atom is 0.472 e. The van der Waals surface area contributed by atoms with E-state index in [0.717, 1.165) is 102 Å². The molecule has 0 heterocycles. The molecule has 3 N–H and O–H groups in total. The number of ether oxygens (including phenoxy) is 4. The van der Waals surface area contributed by atoms with Gasteiger partial charge < -0.3 is 33.8 Å². The summed E-state index contributed by atoms with van der Waals surface area (Å²) in [5, 5.41) is 10.6. The second kappa shape index (κ2) is 73.6. The molecule has 0 radical (unpaired) electrons. The molecule has 6 atom stereocenters. The first-order chi connectivity index (χ1) is 48.9. The van der Waals surface area contributed by atoms with E-state index in [1.165, 1.54) is 250 Å². The average Bonchev–Trinajstić information content (AvgIpc) is 0.927. The second-order valence-electron chi connectivity index (χ2n) is 30.2. The summed E-state index contributed by atoms with van der Waals surface area (Å²) in [6.07, 6.45) is 63.8. The molecule has 19 heteroatoms. The molecule has 0 aromatic heterocycles. The van der Waals surface area contributed by atoms with Crippen molar-refractivity contribution in [1.82, 2.24) is 0 Å². The van der Waals surface area contributed by atoms with E-state index in [1.54, 1.807) is 0 Å². The Morgan fingerprint density at radius 2 is 0.505 bits per heavy atom. The van der Waals surface area contributed by atoms with E-state index >= 15 is 0 Å². The van der Waals surface area contributed by atoms with Crippen LogP contribution in [0.5, 0.6) is 0 Å². The Hall–Kier alpha value is -1.94. The van der Waals surface area contributed by atoms with Crippen LogP contribution >= 0.6 is 15.6 Å². The molecule has 0 fully saturated rings. The molecule has 600 valence electrons. The van der Waals surface area contributed by atoms with Gasteiger partial charge in [-0.3, -0.25) is 37.3 Å². The van der Waals surface area contributed by atoms with Crippen LogP contribution in [0, 0.1) is 11.8 Å². The highest BCUT2D eigenvalue weighted by Gasteiger charge is 2.30. The number of aliphatic hydroxyl groups is 1. The minimum absolute atomic E-state index is 0.106. The molecule has 0 saturated carbocycles. The van der Waals surface area contributed by atoms with Crippen LogP contribution in [0.3, 0.4) is 0 Å². The minimum Gasteiger partial charge on any atom is -0.462 e. The van der Waals surface area contributed by atoms with Crippen molar-refractivity contribution in [1.29, 1.82) is 0 Å². The number of phosphoric acid groups is 2. The van der Waals surface area contributed by atoms with Crippen LogP contribution in [0.4, 0.5) is 0 Å². The number of rotatable bonds is 81. The molecule has 0 aliphatic carbocycles. The molecule has 0 rings (SSSR count). The van der Waals surface area contributed by atoms with Crippen LogP contribution in [0.2, 0.25) is 0 Å². The van der Waals surface area contributed by atoms with Crippen LogP contribution in [-0.2, 0) is 65.4 Å². The van der Waals surface area contributed by atoms with Crippen LogP contribution in [0.1, 0.15) is 433 Å². The Kier molecular flexibility index (Phi) is 72.2. The van der Waals surface area contributed by atoms with Crippen molar-refractivity contribution in [2.75, 3.05) is 39.6 Å². The van der Waals surface area contributed by atoms with Gasteiger partial charge in [-0.15, -0.1) is 0 Å². The summed E-state index contributed by atoms with van der Waals surface area (Å²) < 4.78 is 68.7. The Labute approximate surface area is 619 Å². The van der Waals surface area contributed by atoms with Gasteiger partial charge in [-0.1, -0.05) is 382 Å². The summed E-state index contributed by atoms with van der Waals surface area (Å²) in [4.78, 5) is 73.0. The van der Waals surface area contributed by atoms with Crippen LogP contribution in [-0.4, -0.2) is 96.7 Å². The number of hydrogen-bond donors (Lipinski definition) is 3. The van der Waals surface area contributed by atoms with Gasteiger partial charge in [0.1, 0.15) is 19.3 Å². The molecule has 17 nitrogen and oxygen atoms in total. The number of hydrogen-bond acceptors (Lipinski definition) is 15. The summed E-state index contributed by atoms with van der Waals surface area (Å²) >= 11 is 0. The Bertz CT molecular complexity index is 1940. The number of carbonyl (C=O) groups excluding carboxylic acids is 4. The minimum atomic E-state index is -4.96. The lowest BCUT2D eigenvalue weighted by atomic mass is 9.99. The topological polar surface area (TPSA) is 237 Å². The SMILES string of the molecule is CCCCCCCCCCCCCCCCCCCCCCCCC(=O)O[C@H](COC(=O)CCCCCCCCCCCCCCC(C)C)COP(=O)(O)OC[C@@H](O)COP(=O)(O)OC[C@@H](COC(=O)CCCCCCCCCCCCCC)OC(=O)CCCCCCCCCCC(C)CC. The fourth-order valence-corrected chi connectivity index (χ4v) is 14.3. The van der Waals surface area contributed by atoms with Gasteiger partial charge >= 0.3 is 39.5 Å². The zero-order valence-corrected chi connectivity index (χ0v) is 68.0. The molecule has 0 saturated heterocycles. The Balaban J connectivity index is 5.22. The molecule has 101 heavy (non-hydrogen) atoms. The van der Waals surface area contributed by atoms with Crippen molar-refractivity contribution in [3.63, 3.8) is 0 Å². The van der Waals surface area contributed by atoms with Gasteiger partial charge in [0.05, 0.1) is 26.4 Å². The van der Waals surface area contributed by atoms with Crippen molar-refractivity contribution in [2.45, 2.75) is 452 Å². The first-order valence-corrected chi connectivity index (χ1v) is 45.5. The molecule has 0 spiro atoms. The molecular formula is C82H160O17P2. The van der Waals surface area contributed by atoms with Crippen molar-refractivity contribution in [3.05, 3.63) is 0 Å². The summed E-state index contributed by atoms with van der Waals surface area (Å²) in [7, 11) is -9.92. The zero-order valence-electron chi connectivity index (χ0n) is 66.2. The predicted octanol–water partition coefficient (Wildman–Crippen LogP) is 24.7. The number of phosphoric ester groups is 2. The first-order valence-electron chi connectivity index (χ1n) is 42.5. The van der Waals surface area contributed by atoms with E-state index in [2.05, 4.69) is 41.5 Å². The lowest BCUT2D eigenvalue weighted by Crippen LogP contribution is -2.30. The molecule has 0 amide bonds. The van der Waals surface area contributed by atoms with Gasteiger partial charge in [-0.2, -0.15) is 0 Å². The zero-order chi connectivity index (χ0) is 74.2. The highest BCUT2D eigenvalue weighted by molar-refractivity contribution is 7.47. The van der Waals surface area contributed by atoms with Crippen LogP contribution in [0.25, 0.3) is 0 Å².